The number of carbonyl (C=O) groups excluding carboxylic acids is 1. The number of anilines is 1. The van der Waals surface area contributed by atoms with E-state index < -0.39 is 0 Å². The number of nitrogens with zero attached hydrogens (tertiary/aromatic N) is 3. The van der Waals surface area contributed by atoms with Gasteiger partial charge in [0, 0.05) is 28.7 Å². The molecule has 2 aromatic heterocycles. The van der Waals surface area contributed by atoms with Gasteiger partial charge in [-0.25, -0.2) is 4.68 Å². The third kappa shape index (κ3) is 4.95. The third-order valence-electron chi connectivity index (χ3n) is 4.59. The number of benzene rings is 2. The summed E-state index contributed by atoms with van der Waals surface area (Å²) in [5.74, 6) is 2.34. The number of carbonyl (C=O) groups is 1. The molecule has 8 heteroatoms. The smallest absolute Gasteiger partial charge is 0.234 e. The zero-order valence-electron chi connectivity index (χ0n) is 16.9. The first kappa shape index (κ1) is 21.1. The SMILES string of the molecule is COc1ccc(Cl)cc1NC(=O)CSCc1cnn(-c2ccccc2)c1-n1cccc1. The van der Waals surface area contributed by atoms with Gasteiger partial charge in [0.25, 0.3) is 0 Å². The lowest BCUT2D eigenvalue weighted by molar-refractivity contribution is -0.113. The molecular formula is C23H21ClN4O2S. The van der Waals surface area contributed by atoms with Crippen LogP contribution in [-0.2, 0) is 10.5 Å². The predicted octanol–water partition coefficient (Wildman–Crippen LogP) is 5.20. The van der Waals surface area contributed by atoms with Crippen molar-refractivity contribution in [2.24, 2.45) is 0 Å². The molecule has 158 valence electrons. The van der Waals surface area contributed by atoms with Crippen LogP contribution in [-0.4, -0.2) is 33.1 Å². The minimum Gasteiger partial charge on any atom is -0.495 e. The molecule has 0 bridgehead atoms. The Morgan fingerprint density at radius 3 is 2.65 bits per heavy atom. The summed E-state index contributed by atoms with van der Waals surface area (Å²) in [7, 11) is 1.56. The lowest BCUT2D eigenvalue weighted by Gasteiger charge is -2.12. The zero-order chi connectivity index (χ0) is 21.6. The monoisotopic (exact) mass is 452 g/mol. The molecule has 31 heavy (non-hydrogen) atoms. The molecule has 0 atom stereocenters. The van der Waals surface area contributed by atoms with Crippen LogP contribution in [0.2, 0.25) is 5.02 Å². The molecule has 0 saturated carbocycles. The van der Waals surface area contributed by atoms with Crippen LogP contribution in [0, 0.1) is 0 Å². The highest BCUT2D eigenvalue weighted by Crippen LogP contribution is 2.28. The number of hydrogen-bond donors (Lipinski definition) is 1. The van der Waals surface area contributed by atoms with Gasteiger partial charge in [0.1, 0.15) is 11.6 Å². The van der Waals surface area contributed by atoms with Gasteiger partial charge < -0.3 is 14.6 Å². The Labute approximate surface area is 189 Å². The van der Waals surface area contributed by atoms with Crippen LogP contribution in [0.15, 0.2) is 79.3 Å². The van der Waals surface area contributed by atoms with Crippen molar-refractivity contribution in [2.45, 2.75) is 5.75 Å². The van der Waals surface area contributed by atoms with Crippen molar-refractivity contribution in [3.63, 3.8) is 0 Å². The second-order valence-electron chi connectivity index (χ2n) is 6.72. The summed E-state index contributed by atoms with van der Waals surface area (Å²) in [6.07, 6.45) is 5.83. The molecule has 1 N–H and O–H groups in total. The molecule has 2 heterocycles. The Balaban J connectivity index is 1.46. The first-order valence-electron chi connectivity index (χ1n) is 9.62. The molecule has 0 spiro atoms. The Hall–Kier alpha value is -3.16. The molecule has 0 saturated heterocycles. The van der Waals surface area contributed by atoms with Gasteiger partial charge in [-0.15, -0.1) is 11.8 Å². The minimum atomic E-state index is -0.122. The van der Waals surface area contributed by atoms with Crippen LogP contribution < -0.4 is 10.1 Å². The quantitative estimate of drug-likeness (QED) is 0.399. The summed E-state index contributed by atoms with van der Waals surface area (Å²) < 4.78 is 9.23. The number of halogens is 1. The molecule has 0 fully saturated rings. The number of ether oxygens (including phenoxy) is 1. The molecule has 4 rings (SSSR count). The fourth-order valence-electron chi connectivity index (χ4n) is 3.20. The highest BCUT2D eigenvalue weighted by molar-refractivity contribution is 7.99. The molecule has 0 aliphatic carbocycles. The largest absolute Gasteiger partial charge is 0.495 e. The van der Waals surface area contributed by atoms with E-state index in [9.17, 15) is 4.79 Å². The van der Waals surface area contributed by atoms with E-state index in [1.54, 1.807) is 25.3 Å². The van der Waals surface area contributed by atoms with Crippen molar-refractivity contribution in [3.05, 3.63) is 89.8 Å². The normalized spacial score (nSPS) is 10.8. The van der Waals surface area contributed by atoms with Gasteiger partial charge in [-0.05, 0) is 42.5 Å². The van der Waals surface area contributed by atoms with Gasteiger partial charge in [-0.2, -0.15) is 5.10 Å². The number of aromatic nitrogens is 3. The standard InChI is InChI=1S/C23H21ClN4O2S/c1-30-21-10-9-18(24)13-20(21)26-22(29)16-31-15-17-14-25-28(19-7-3-2-4-8-19)23(17)27-11-5-6-12-27/h2-14H,15-16H2,1H3,(H,26,29). The maximum absolute atomic E-state index is 12.5. The Morgan fingerprint density at radius 2 is 1.90 bits per heavy atom. The molecule has 0 aliphatic heterocycles. The summed E-state index contributed by atoms with van der Waals surface area (Å²) in [5, 5.41) is 7.99. The van der Waals surface area contributed by atoms with E-state index in [1.807, 2.05) is 70.3 Å². The van der Waals surface area contributed by atoms with Gasteiger partial charge in [-0.1, -0.05) is 29.8 Å². The first-order chi connectivity index (χ1) is 15.2. The van der Waals surface area contributed by atoms with E-state index in [0.29, 0.717) is 22.2 Å². The van der Waals surface area contributed by atoms with Crippen molar-refractivity contribution in [1.82, 2.24) is 14.3 Å². The zero-order valence-corrected chi connectivity index (χ0v) is 18.4. The molecular weight excluding hydrogens is 432 g/mol. The number of rotatable bonds is 8. The van der Waals surface area contributed by atoms with E-state index in [0.717, 1.165) is 17.1 Å². The van der Waals surface area contributed by atoms with E-state index in [4.69, 9.17) is 16.3 Å². The summed E-state index contributed by atoms with van der Waals surface area (Å²) in [6, 6.07) is 19.1. The molecule has 6 nitrogen and oxygen atoms in total. The average molecular weight is 453 g/mol. The number of thioether (sulfide) groups is 1. The molecule has 2 aromatic carbocycles. The van der Waals surface area contributed by atoms with Crippen LogP contribution in [0.1, 0.15) is 5.56 Å². The van der Waals surface area contributed by atoms with Gasteiger partial charge >= 0.3 is 0 Å². The van der Waals surface area contributed by atoms with E-state index in [-0.39, 0.29) is 11.7 Å². The maximum atomic E-state index is 12.5. The molecule has 0 radical (unpaired) electrons. The highest BCUT2D eigenvalue weighted by Gasteiger charge is 2.15. The first-order valence-corrected chi connectivity index (χ1v) is 11.2. The second-order valence-corrected chi connectivity index (χ2v) is 8.14. The maximum Gasteiger partial charge on any atom is 0.234 e. The number of para-hydroxylation sites is 1. The van der Waals surface area contributed by atoms with Crippen molar-refractivity contribution < 1.29 is 9.53 Å². The lowest BCUT2D eigenvalue weighted by atomic mass is 10.3. The summed E-state index contributed by atoms with van der Waals surface area (Å²) in [6.45, 7) is 0. The third-order valence-corrected chi connectivity index (χ3v) is 5.81. The van der Waals surface area contributed by atoms with Crippen LogP contribution in [0.3, 0.4) is 0 Å². The van der Waals surface area contributed by atoms with E-state index >= 15 is 0 Å². The van der Waals surface area contributed by atoms with Gasteiger partial charge in [0.15, 0.2) is 0 Å². The number of methoxy groups -OCH3 is 1. The Kier molecular flexibility index (Phi) is 6.64. The predicted molar refractivity (Wildman–Crippen MR) is 126 cm³/mol. The van der Waals surface area contributed by atoms with Crippen molar-refractivity contribution in [3.8, 4) is 17.3 Å². The topological polar surface area (TPSA) is 61.1 Å². The van der Waals surface area contributed by atoms with Crippen molar-refractivity contribution in [2.75, 3.05) is 18.2 Å². The van der Waals surface area contributed by atoms with Gasteiger partial charge in [0.05, 0.1) is 30.4 Å². The fourth-order valence-corrected chi connectivity index (χ4v) is 4.16. The van der Waals surface area contributed by atoms with Gasteiger partial charge in [0.2, 0.25) is 5.91 Å². The van der Waals surface area contributed by atoms with Crippen LogP contribution in [0.25, 0.3) is 11.5 Å². The van der Waals surface area contributed by atoms with Crippen molar-refractivity contribution >= 4 is 35.0 Å². The molecule has 1 amide bonds. The summed E-state index contributed by atoms with van der Waals surface area (Å²) in [4.78, 5) is 12.5. The fraction of sp³-hybridized carbons (Fsp3) is 0.130. The summed E-state index contributed by atoms with van der Waals surface area (Å²) in [5.41, 5.74) is 2.58. The van der Waals surface area contributed by atoms with Crippen LogP contribution in [0.5, 0.6) is 5.75 Å². The van der Waals surface area contributed by atoms with Crippen LogP contribution >= 0.6 is 23.4 Å². The van der Waals surface area contributed by atoms with E-state index in [2.05, 4.69) is 10.4 Å². The second kappa shape index (κ2) is 9.76. The number of amides is 1. The van der Waals surface area contributed by atoms with Crippen molar-refractivity contribution in [1.29, 1.82) is 0 Å². The molecule has 0 aliphatic rings. The van der Waals surface area contributed by atoms with E-state index in [1.165, 1.54) is 11.8 Å². The Bertz CT molecular complexity index is 1160. The summed E-state index contributed by atoms with van der Waals surface area (Å²) >= 11 is 7.56. The highest BCUT2D eigenvalue weighted by atomic mass is 35.5. The molecule has 0 unspecified atom stereocenters. The minimum absolute atomic E-state index is 0.122. The van der Waals surface area contributed by atoms with Crippen LogP contribution in [0.4, 0.5) is 5.69 Å². The lowest BCUT2D eigenvalue weighted by Crippen LogP contribution is -2.15. The van der Waals surface area contributed by atoms with Gasteiger partial charge in [-0.3, -0.25) is 4.79 Å². The molecule has 4 aromatic rings. The average Bonchev–Trinajstić information content (AvgIpc) is 3.44. The number of hydrogen-bond acceptors (Lipinski definition) is 4. The Morgan fingerprint density at radius 1 is 1.13 bits per heavy atom. The number of nitrogens with one attached hydrogen (secondary N) is 1.